The number of pyridine rings is 2. The normalized spacial score (nSPS) is 11.1. The number of hydrogen-bond donors (Lipinski definition) is 0. The summed E-state index contributed by atoms with van der Waals surface area (Å²) >= 11 is 0. The molecule has 0 saturated carbocycles. The minimum atomic E-state index is -0.362. The molecule has 0 bridgehead atoms. The number of carbonyl (C=O) groups is 1. The monoisotopic (exact) mass is 310 g/mol. The molecule has 118 valence electrons. The van der Waals surface area contributed by atoms with Crippen LogP contribution in [0.2, 0.25) is 0 Å². The number of carbonyl (C=O) groups excluding carboxylic acids is 1. The van der Waals surface area contributed by atoms with Crippen molar-refractivity contribution in [2.24, 2.45) is 0 Å². The summed E-state index contributed by atoms with van der Waals surface area (Å²) in [6.45, 7) is 6.16. The van der Waals surface area contributed by atoms with E-state index in [9.17, 15) is 4.79 Å². The molecule has 0 aliphatic heterocycles. The van der Waals surface area contributed by atoms with Crippen LogP contribution in [0.4, 0.5) is 0 Å². The van der Waals surface area contributed by atoms with Gasteiger partial charge in [0.1, 0.15) is 0 Å². The van der Waals surface area contributed by atoms with Gasteiger partial charge in [-0.1, -0.05) is 0 Å². The van der Waals surface area contributed by atoms with Gasteiger partial charge in [-0.25, -0.2) is 14.5 Å². The Hall–Kier alpha value is -2.76. The lowest BCUT2D eigenvalue weighted by Crippen LogP contribution is -2.08. The molecule has 0 aliphatic rings. The molecule has 3 aromatic heterocycles. The molecule has 0 fully saturated rings. The number of fused-ring (bicyclic) bond motifs is 1. The second-order valence-electron chi connectivity index (χ2n) is 5.43. The van der Waals surface area contributed by atoms with Gasteiger partial charge in [-0.3, -0.25) is 4.98 Å². The molecule has 0 N–H and O–H groups in total. The van der Waals surface area contributed by atoms with Crippen molar-refractivity contribution in [1.29, 1.82) is 0 Å². The Morgan fingerprint density at radius 1 is 1.30 bits per heavy atom. The first-order chi connectivity index (χ1) is 11.1. The van der Waals surface area contributed by atoms with Gasteiger partial charge in [-0.15, -0.1) is 0 Å². The number of esters is 1. The zero-order valence-electron chi connectivity index (χ0n) is 13.4. The van der Waals surface area contributed by atoms with Crippen LogP contribution >= 0.6 is 0 Å². The summed E-state index contributed by atoms with van der Waals surface area (Å²) in [6.07, 6.45) is 5.07. The molecule has 3 rings (SSSR count). The molecule has 0 amide bonds. The third-order valence-corrected chi connectivity index (χ3v) is 3.53. The van der Waals surface area contributed by atoms with Gasteiger partial charge in [0.2, 0.25) is 0 Å². The van der Waals surface area contributed by atoms with Crippen molar-refractivity contribution >= 4 is 17.0 Å². The van der Waals surface area contributed by atoms with Gasteiger partial charge in [0.25, 0.3) is 0 Å². The number of nitrogens with zero attached hydrogens (tertiary/aromatic N) is 4. The predicted molar refractivity (Wildman–Crippen MR) is 87.1 cm³/mol. The second kappa shape index (κ2) is 6.16. The molecule has 6 heteroatoms. The van der Waals surface area contributed by atoms with Gasteiger partial charge >= 0.3 is 5.97 Å². The van der Waals surface area contributed by atoms with Crippen molar-refractivity contribution in [2.45, 2.75) is 26.8 Å². The standard InChI is InChI=1S/C17H18N4O2/c1-4-23-17(22)13-9-15(12-5-7-18-8-6-12)20-16-14(13)10-19-21(16)11(2)3/h5-11H,4H2,1-3H3. The van der Waals surface area contributed by atoms with E-state index in [-0.39, 0.29) is 12.0 Å². The van der Waals surface area contributed by atoms with Gasteiger partial charge in [-0.2, -0.15) is 5.10 Å². The molecule has 6 nitrogen and oxygen atoms in total. The van der Waals surface area contributed by atoms with Crippen molar-refractivity contribution < 1.29 is 9.53 Å². The first-order valence-corrected chi connectivity index (χ1v) is 7.57. The first kappa shape index (κ1) is 15.1. The summed E-state index contributed by atoms with van der Waals surface area (Å²) in [7, 11) is 0. The summed E-state index contributed by atoms with van der Waals surface area (Å²) < 4.78 is 6.99. The number of hydrogen-bond acceptors (Lipinski definition) is 5. The van der Waals surface area contributed by atoms with Crippen LogP contribution in [0.5, 0.6) is 0 Å². The van der Waals surface area contributed by atoms with Crippen LogP contribution < -0.4 is 0 Å². The first-order valence-electron chi connectivity index (χ1n) is 7.57. The fourth-order valence-electron chi connectivity index (χ4n) is 2.44. The van der Waals surface area contributed by atoms with Gasteiger partial charge in [-0.05, 0) is 39.0 Å². The third-order valence-electron chi connectivity index (χ3n) is 3.53. The highest BCUT2D eigenvalue weighted by molar-refractivity contribution is 6.03. The Kier molecular flexibility index (Phi) is 4.06. The highest BCUT2D eigenvalue weighted by atomic mass is 16.5. The lowest BCUT2D eigenvalue weighted by atomic mass is 10.1. The van der Waals surface area contributed by atoms with Crippen LogP contribution in [-0.4, -0.2) is 32.3 Å². The zero-order chi connectivity index (χ0) is 16.4. The maximum absolute atomic E-state index is 12.3. The Labute approximate surface area is 134 Å². The van der Waals surface area contributed by atoms with Gasteiger partial charge in [0.05, 0.1) is 29.4 Å². The highest BCUT2D eigenvalue weighted by Crippen LogP contribution is 2.26. The van der Waals surface area contributed by atoms with Crippen LogP contribution in [0, 0.1) is 0 Å². The quantitative estimate of drug-likeness (QED) is 0.692. The minimum Gasteiger partial charge on any atom is -0.462 e. The van der Waals surface area contributed by atoms with Crippen LogP contribution in [-0.2, 0) is 4.74 Å². The van der Waals surface area contributed by atoms with E-state index in [1.54, 1.807) is 31.6 Å². The van der Waals surface area contributed by atoms with Gasteiger partial charge in [0.15, 0.2) is 5.65 Å². The van der Waals surface area contributed by atoms with E-state index in [0.29, 0.717) is 28.9 Å². The van der Waals surface area contributed by atoms with Crippen LogP contribution in [0.1, 0.15) is 37.2 Å². The molecule has 0 unspecified atom stereocenters. The summed E-state index contributed by atoms with van der Waals surface area (Å²) in [6, 6.07) is 5.61. The van der Waals surface area contributed by atoms with Crippen molar-refractivity contribution in [2.75, 3.05) is 6.61 Å². The van der Waals surface area contributed by atoms with Crippen molar-refractivity contribution in [3.63, 3.8) is 0 Å². The van der Waals surface area contributed by atoms with E-state index in [2.05, 4.69) is 10.1 Å². The highest BCUT2D eigenvalue weighted by Gasteiger charge is 2.19. The predicted octanol–water partition coefficient (Wildman–Crippen LogP) is 3.25. The fraction of sp³-hybridized carbons (Fsp3) is 0.294. The van der Waals surface area contributed by atoms with Gasteiger partial charge in [0, 0.05) is 24.0 Å². The largest absolute Gasteiger partial charge is 0.462 e. The summed E-state index contributed by atoms with van der Waals surface area (Å²) in [5, 5.41) is 5.07. The molecular weight excluding hydrogens is 292 g/mol. The molecule has 0 atom stereocenters. The summed E-state index contributed by atoms with van der Waals surface area (Å²) in [5.41, 5.74) is 2.75. The van der Waals surface area contributed by atoms with Crippen molar-refractivity contribution in [3.05, 3.63) is 42.4 Å². The molecule has 0 aromatic carbocycles. The van der Waals surface area contributed by atoms with E-state index < -0.39 is 0 Å². The van der Waals surface area contributed by atoms with Crippen molar-refractivity contribution in [1.82, 2.24) is 19.7 Å². The Balaban J connectivity index is 2.26. The van der Waals surface area contributed by atoms with Crippen LogP contribution in [0.25, 0.3) is 22.3 Å². The van der Waals surface area contributed by atoms with E-state index in [4.69, 9.17) is 9.72 Å². The van der Waals surface area contributed by atoms with Crippen molar-refractivity contribution in [3.8, 4) is 11.3 Å². The lowest BCUT2D eigenvalue weighted by Gasteiger charge is -2.10. The molecule has 23 heavy (non-hydrogen) atoms. The maximum Gasteiger partial charge on any atom is 0.339 e. The molecule has 0 spiro atoms. The van der Waals surface area contributed by atoms with Crippen LogP contribution in [0.3, 0.4) is 0 Å². The average molecular weight is 310 g/mol. The molecule has 0 aliphatic carbocycles. The number of aromatic nitrogens is 4. The fourth-order valence-corrected chi connectivity index (χ4v) is 2.44. The van der Waals surface area contributed by atoms with E-state index in [0.717, 1.165) is 5.56 Å². The van der Waals surface area contributed by atoms with E-state index >= 15 is 0 Å². The minimum absolute atomic E-state index is 0.141. The molecule has 3 heterocycles. The van der Waals surface area contributed by atoms with Gasteiger partial charge < -0.3 is 4.74 Å². The SMILES string of the molecule is CCOC(=O)c1cc(-c2ccncc2)nc2c1cnn2C(C)C. The third kappa shape index (κ3) is 2.79. The maximum atomic E-state index is 12.3. The lowest BCUT2D eigenvalue weighted by molar-refractivity contribution is 0.0528. The molecule has 3 aromatic rings. The molecule has 0 saturated heterocycles. The second-order valence-corrected chi connectivity index (χ2v) is 5.43. The smallest absolute Gasteiger partial charge is 0.339 e. The van der Waals surface area contributed by atoms with E-state index in [1.807, 2.05) is 30.7 Å². The molecular formula is C17H18N4O2. The number of rotatable bonds is 4. The Morgan fingerprint density at radius 3 is 2.70 bits per heavy atom. The Morgan fingerprint density at radius 2 is 2.04 bits per heavy atom. The van der Waals surface area contributed by atoms with Crippen LogP contribution in [0.15, 0.2) is 36.8 Å². The molecule has 0 radical (unpaired) electrons. The summed E-state index contributed by atoms with van der Waals surface area (Å²) in [4.78, 5) is 21.0. The van der Waals surface area contributed by atoms with E-state index in [1.165, 1.54) is 0 Å². The zero-order valence-corrected chi connectivity index (χ0v) is 13.4. The Bertz CT molecular complexity index is 840. The summed E-state index contributed by atoms with van der Waals surface area (Å²) in [5.74, 6) is -0.362. The number of ether oxygens (including phenoxy) is 1. The average Bonchev–Trinajstić information content (AvgIpc) is 2.99. The topological polar surface area (TPSA) is 69.9 Å².